The fraction of sp³-hybridized carbons (Fsp3) is 0.286. The molecule has 0 heterocycles. The smallest absolute Gasteiger partial charge is 0.312 e. The predicted molar refractivity (Wildman–Crippen MR) is 108 cm³/mol. The number of halogens is 1. The zero-order chi connectivity index (χ0) is 20.8. The highest BCUT2D eigenvalue weighted by Gasteiger charge is 2.31. The number of urea groups is 1. The van der Waals surface area contributed by atoms with Gasteiger partial charge in [-0.2, -0.15) is 0 Å². The van der Waals surface area contributed by atoms with Crippen molar-refractivity contribution in [2.75, 3.05) is 0 Å². The van der Waals surface area contributed by atoms with Crippen LogP contribution in [0.4, 0.5) is 4.79 Å². The molecule has 152 valence electrons. The van der Waals surface area contributed by atoms with Gasteiger partial charge in [-0.25, -0.2) is 4.79 Å². The van der Waals surface area contributed by atoms with Crippen molar-refractivity contribution in [1.29, 1.82) is 0 Å². The molecule has 7 nitrogen and oxygen atoms in total. The molecule has 1 fully saturated rings. The van der Waals surface area contributed by atoms with Crippen LogP contribution in [0.5, 0.6) is 0 Å². The van der Waals surface area contributed by atoms with Crippen LogP contribution >= 0.6 is 11.6 Å². The number of carbonyl (C=O) groups excluding carboxylic acids is 3. The second-order valence-corrected chi connectivity index (χ2v) is 7.32. The molecule has 3 rings (SSSR count). The van der Waals surface area contributed by atoms with E-state index in [1.54, 1.807) is 48.5 Å². The minimum Gasteiger partial charge on any atom is -0.447 e. The van der Waals surface area contributed by atoms with Crippen LogP contribution in [0.3, 0.4) is 0 Å². The standard InChI is InChI=1S/C21H22ClN3O4/c22-15-8-6-13(7-9-15)17(25-21(23)28)12-18(26)29-19(14-4-2-1-3-5-14)20(27)24-16-10-11-16/h1-9,16-17,19H,10-12H2,(H,24,27)(H3,23,25,28)/t17-,19-/m1/s1. The third-order valence-electron chi connectivity index (χ3n) is 4.47. The first kappa shape index (κ1) is 20.7. The van der Waals surface area contributed by atoms with E-state index in [1.165, 1.54) is 0 Å². The molecule has 2 aromatic carbocycles. The van der Waals surface area contributed by atoms with Crippen LogP contribution < -0.4 is 16.4 Å². The topological polar surface area (TPSA) is 111 Å². The molecule has 1 aliphatic carbocycles. The molecule has 1 saturated carbocycles. The molecule has 4 N–H and O–H groups in total. The predicted octanol–water partition coefficient (Wildman–Crippen LogP) is 3.00. The first-order valence-electron chi connectivity index (χ1n) is 9.28. The molecule has 0 spiro atoms. The third kappa shape index (κ3) is 6.22. The summed E-state index contributed by atoms with van der Waals surface area (Å²) in [7, 11) is 0. The number of nitrogens with two attached hydrogens (primary N) is 1. The Labute approximate surface area is 173 Å². The van der Waals surface area contributed by atoms with Crippen molar-refractivity contribution in [3.63, 3.8) is 0 Å². The molecule has 0 unspecified atom stereocenters. The monoisotopic (exact) mass is 415 g/mol. The Bertz CT molecular complexity index is 869. The van der Waals surface area contributed by atoms with Gasteiger partial charge in [0.1, 0.15) is 0 Å². The van der Waals surface area contributed by atoms with Crippen molar-refractivity contribution in [3.05, 3.63) is 70.7 Å². The Kier molecular flexibility index (Phi) is 6.72. The lowest BCUT2D eigenvalue weighted by molar-refractivity contribution is -0.157. The van der Waals surface area contributed by atoms with Gasteiger partial charge in [0.15, 0.2) is 0 Å². The fourth-order valence-electron chi connectivity index (χ4n) is 2.87. The first-order valence-corrected chi connectivity index (χ1v) is 9.66. The molecular weight excluding hydrogens is 394 g/mol. The highest BCUT2D eigenvalue weighted by molar-refractivity contribution is 6.30. The van der Waals surface area contributed by atoms with Crippen LogP contribution in [0.15, 0.2) is 54.6 Å². The Morgan fingerprint density at radius 3 is 2.28 bits per heavy atom. The van der Waals surface area contributed by atoms with Crippen molar-refractivity contribution < 1.29 is 19.1 Å². The summed E-state index contributed by atoms with van der Waals surface area (Å²) in [5.41, 5.74) is 6.46. The minimum absolute atomic E-state index is 0.130. The average Bonchev–Trinajstić information content (AvgIpc) is 3.50. The number of amides is 3. The summed E-state index contributed by atoms with van der Waals surface area (Å²) in [6.45, 7) is 0. The SMILES string of the molecule is NC(=O)N[C@H](CC(=O)O[C@@H](C(=O)NC1CC1)c1ccccc1)c1ccc(Cl)cc1. The maximum Gasteiger partial charge on any atom is 0.312 e. The molecule has 0 bridgehead atoms. The van der Waals surface area contributed by atoms with Gasteiger partial charge in [0.05, 0.1) is 12.5 Å². The number of nitrogens with one attached hydrogen (secondary N) is 2. The lowest BCUT2D eigenvalue weighted by Gasteiger charge is -2.21. The molecular formula is C21H22ClN3O4. The third-order valence-corrected chi connectivity index (χ3v) is 4.73. The van der Waals surface area contributed by atoms with Crippen molar-refractivity contribution >= 4 is 29.5 Å². The zero-order valence-electron chi connectivity index (χ0n) is 15.6. The van der Waals surface area contributed by atoms with Gasteiger partial charge in [-0.05, 0) is 30.5 Å². The normalized spacial score (nSPS) is 15.1. The fourth-order valence-corrected chi connectivity index (χ4v) is 3.00. The quantitative estimate of drug-likeness (QED) is 0.575. The summed E-state index contributed by atoms with van der Waals surface area (Å²) in [6, 6.07) is 14.1. The number of benzene rings is 2. The summed E-state index contributed by atoms with van der Waals surface area (Å²) in [4.78, 5) is 36.6. The summed E-state index contributed by atoms with van der Waals surface area (Å²) < 4.78 is 5.52. The molecule has 0 aromatic heterocycles. The van der Waals surface area contributed by atoms with Gasteiger partial charge in [0.2, 0.25) is 6.10 Å². The Morgan fingerprint density at radius 2 is 1.69 bits per heavy atom. The maximum absolute atomic E-state index is 12.6. The Balaban J connectivity index is 1.73. The molecule has 0 radical (unpaired) electrons. The van der Waals surface area contributed by atoms with Crippen LogP contribution in [0, 0.1) is 0 Å². The summed E-state index contributed by atoms with van der Waals surface area (Å²) in [5.74, 6) is -1.00. The van der Waals surface area contributed by atoms with E-state index in [1.807, 2.05) is 6.07 Å². The van der Waals surface area contributed by atoms with Gasteiger partial charge >= 0.3 is 12.0 Å². The number of rotatable bonds is 8. The molecule has 2 atom stereocenters. The van der Waals surface area contributed by atoms with Gasteiger partial charge in [0.25, 0.3) is 5.91 Å². The van der Waals surface area contributed by atoms with Crippen LogP contribution in [-0.4, -0.2) is 23.9 Å². The van der Waals surface area contributed by atoms with E-state index < -0.39 is 24.1 Å². The largest absolute Gasteiger partial charge is 0.447 e. The molecule has 29 heavy (non-hydrogen) atoms. The first-order chi connectivity index (χ1) is 13.9. The van der Waals surface area contributed by atoms with Crippen molar-refractivity contribution in [3.8, 4) is 0 Å². The molecule has 3 amide bonds. The molecule has 1 aliphatic rings. The number of ether oxygens (including phenoxy) is 1. The van der Waals surface area contributed by atoms with E-state index >= 15 is 0 Å². The van der Waals surface area contributed by atoms with Gasteiger partial charge < -0.3 is 21.1 Å². The van der Waals surface area contributed by atoms with E-state index in [4.69, 9.17) is 22.1 Å². The second kappa shape index (κ2) is 9.43. The minimum atomic E-state index is -1.07. The average molecular weight is 416 g/mol. The van der Waals surface area contributed by atoms with E-state index in [2.05, 4.69) is 10.6 Å². The lowest BCUT2D eigenvalue weighted by Crippen LogP contribution is -2.36. The van der Waals surface area contributed by atoms with E-state index in [-0.39, 0.29) is 18.4 Å². The van der Waals surface area contributed by atoms with Crippen LogP contribution in [0.25, 0.3) is 0 Å². The lowest BCUT2D eigenvalue weighted by atomic mass is 10.0. The highest BCUT2D eigenvalue weighted by Crippen LogP contribution is 2.25. The molecule has 0 saturated heterocycles. The summed E-state index contributed by atoms with van der Waals surface area (Å²) in [5, 5.41) is 5.91. The molecule has 2 aromatic rings. The molecule has 0 aliphatic heterocycles. The van der Waals surface area contributed by atoms with Gasteiger partial charge in [0, 0.05) is 16.6 Å². The van der Waals surface area contributed by atoms with Crippen LogP contribution in [-0.2, 0) is 14.3 Å². The number of hydrogen-bond acceptors (Lipinski definition) is 4. The van der Waals surface area contributed by atoms with Crippen molar-refractivity contribution in [2.45, 2.75) is 37.5 Å². The van der Waals surface area contributed by atoms with E-state index in [0.717, 1.165) is 12.8 Å². The highest BCUT2D eigenvalue weighted by atomic mass is 35.5. The Morgan fingerprint density at radius 1 is 1.03 bits per heavy atom. The van der Waals surface area contributed by atoms with Gasteiger partial charge in [-0.1, -0.05) is 54.1 Å². The summed E-state index contributed by atoms with van der Waals surface area (Å²) in [6.07, 6.45) is 0.582. The van der Waals surface area contributed by atoms with E-state index in [0.29, 0.717) is 16.1 Å². The number of esters is 1. The maximum atomic E-state index is 12.6. The second-order valence-electron chi connectivity index (χ2n) is 6.88. The number of primary amides is 1. The van der Waals surface area contributed by atoms with E-state index in [9.17, 15) is 14.4 Å². The van der Waals surface area contributed by atoms with Crippen LogP contribution in [0.2, 0.25) is 5.02 Å². The Hall–Kier alpha value is -3.06. The van der Waals surface area contributed by atoms with Crippen molar-refractivity contribution in [2.24, 2.45) is 5.73 Å². The molecule has 8 heteroatoms. The van der Waals surface area contributed by atoms with Crippen LogP contribution in [0.1, 0.15) is 42.5 Å². The van der Waals surface area contributed by atoms with Gasteiger partial charge in [-0.3, -0.25) is 9.59 Å². The van der Waals surface area contributed by atoms with Crippen molar-refractivity contribution in [1.82, 2.24) is 10.6 Å². The number of carbonyl (C=O) groups is 3. The zero-order valence-corrected chi connectivity index (χ0v) is 16.4. The van der Waals surface area contributed by atoms with Gasteiger partial charge in [-0.15, -0.1) is 0 Å². The number of hydrogen-bond donors (Lipinski definition) is 3. The summed E-state index contributed by atoms with van der Waals surface area (Å²) >= 11 is 5.90.